The standard InChI is InChI=1S/C17H14N2O3S/c1-10-3-4-11(2)12(7-10)5-6-13-8-15(20)19-9-14(16(21)22)23-17(19)18-13/h3-9H,1-2H3,(H,21,22)/b6-5+. The summed E-state index contributed by atoms with van der Waals surface area (Å²) in [7, 11) is 0. The number of aromatic carboxylic acids is 1. The molecule has 0 saturated heterocycles. The van der Waals surface area contributed by atoms with Crippen LogP contribution in [-0.2, 0) is 0 Å². The molecule has 0 bridgehead atoms. The van der Waals surface area contributed by atoms with Crippen LogP contribution >= 0.6 is 11.3 Å². The number of carboxylic acid groups (broad SMARTS) is 1. The molecule has 1 N–H and O–H groups in total. The van der Waals surface area contributed by atoms with Crippen LogP contribution in [0.1, 0.15) is 32.1 Å². The van der Waals surface area contributed by atoms with Crippen LogP contribution in [0.3, 0.4) is 0 Å². The van der Waals surface area contributed by atoms with E-state index in [1.165, 1.54) is 16.7 Å². The fraction of sp³-hybridized carbons (Fsp3) is 0.118. The Bertz CT molecular complexity index is 999. The average Bonchev–Trinajstić information content (AvgIpc) is 2.93. The highest BCUT2D eigenvalue weighted by Gasteiger charge is 2.11. The number of aryl methyl sites for hydroxylation is 2. The van der Waals surface area contributed by atoms with Crippen molar-refractivity contribution in [3.8, 4) is 0 Å². The smallest absolute Gasteiger partial charge is 0.347 e. The molecule has 0 amide bonds. The Labute approximate surface area is 136 Å². The molecular weight excluding hydrogens is 312 g/mol. The van der Waals surface area contributed by atoms with Gasteiger partial charge in [-0.05, 0) is 31.1 Å². The third-order valence-corrected chi connectivity index (χ3v) is 4.44. The second-order valence-corrected chi connectivity index (χ2v) is 6.27. The first-order valence-electron chi connectivity index (χ1n) is 6.96. The van der Waals surface area contributed by atoms with Crippen LogP contribution in [-0.4, -0.2) is 20.5 Å². The summed E-state index contributed by atoms with van der Waals surface area (Å²) in [4.78, 5) is 27.9. The lowest BCUT2D eigenvalue weighted by molar-refractivity contribution is 0.0702. The molecule has 2 heterocycles. The Balaban J connectivity index is 2.03. The maximum atomic E-state index is 12.1. The first kappa shape index (κ1) is 15.2. The second kappa shape index (κ2) is 5.81. The summed E-state index contributed by atoms with van der Waals surface area (Å²) < 4.78 is 1.25. The molecule has 6 heteroatoms. The monoisotopic (exact) mass is 326 g/mol. The van der Waals surface area contributed by atoms with Gasteiger partial charge in [0, 0.05) is 12.3 Å². The lowest BCUT2D eigenvalue weighted by atomic mass is 10.1. The number of fused-ring (bicyclic) bond motifs is 1. The van der Waals surface area contributed by atoms with E-state index in [4.69, 9.17) is 5.11 Å². The van der Waals surface area contributed by atoms with E-state index in [9.17, 15) is 9.59 Å². The molecule has 0 saturated carbocycles. The van der Waals surface area contributed by atoms with Gasteiger partial charge in [-0.3, -0.25) is 9.20 Å². The van der Waals surface area contributed by atoms with E-state index in [-0.39, 0.29) is 10.4 Å². The summed E-state index contributed by atoms with van der Waals surface area (Å²) in [6.07, 6.45) is 4.98. The minimum absolute atomic E-state index is 0.0882. The van der Waals surface area contributed by atoms with Crippen molar-refractivity contribution in [1.82, 2.24) is 9.38 Å². The second-order valence-electron chi connectivity index (χ2n) is 5.27. The minimum atomic E-state index is -1.06. The summed E-state index contributed by atoms with van der Waals surface area (Å²) in [6.45, 7) is 4.04. The molecule has 1 aromatic carbocycles. The van der Waals surface area contributed by atoms with Crippen molar-refractivity contribution < 1.29 is 9.90 Å². The molecule has 0 aliphatic rings. The van der Waals surface area contributed by atoms with Gasteiger partial charge in [0.25, 0.3) is 5.56 Å². The van der Waals surface area contributed by atoms with Crippen molar-refractivity contribution in [2.24, 2.45) is 0 Å². The minimum Gasteiger partial charge on any atom is -0.477 e. The normalized spacial score (nSPS) is 11.4. The summed E-state index contributed by atoms with van der Waals surface area (Å²) in [5, 5.41) is 9.01. The van der Waals surface area contributed by atoms with Crippen LogP contribution < -0.4 is 5.56 Å². The van der Waals surface area contributed by atoms with Crippen molar-refractivity contribution in [2.75, 3.05) is 0 Å². The molecular formula is C17H14N2O3S. The summed E-state index contributed by atoms with van der Waals surface area (Å²) >= 11 is 0.979. The Morgan fingerprint density at radius 2 is 2.04 bits per heavy atom. The predicted molar refractivity (Wildman–Crippen MR) is 91.1 cm³/mol. The molecule has 0 radical (unpaired) electrons. The quantitative estimate of drug-likeness (QED) is 0.802. The summed E-state index contributed by atoms with van der Waals surface area (Å²) in [5.74, 6) is -1.06. The fourth-order valence-corrected chi connectivity index (χ4v) is 3.05. The van der Waals surface area contributed by atoms with Gasteiger partial charge >= 0.3 is 5.97 Å². The Kier molecular flexibility index (Phi) is 3.83. The summed E-state index contributed by atoms with van der Waals surface area (Å²) in [6, 6.07) is 7.54. The van der Waals surface area contributed by atoms with Crippen LogP contribution in [0.15, 0.2) is 35.3 Å². The van der Waals surface area contributed by atoms with E-state index in [1.54, 1.807) is 6.08 Å². The molecule has 0 aliphatic carbocycles. The molecule has 116 valence electrons. The van der Waals surface area contributed by atoms with Gasteiger partial charge in [0.1, 0.15) is 4.88 Å². The van der Waals surface area contributed by atoms with Gasteiger partial charge in [-0.2, -0.15) is 0 Å². The number of aromatic nitrogens is 2. The van der Waals surface area contributed by atoms with Crippen LogP contribution in [0.5, 0.6) is 0 Å². The average molecular weight is 326 g/mol. The van der Waals surface area contributed by atoms with Crippen molar-refractivity contribution in [1.29, 1.82) is 0 Å². The van der Waals surface area contributed by atoms with Crippen molar-refractivity contribution >= 4 is 34.4 Å². The predicted octanol–water partition coefficient (Wildman–Crippen LogP) is 3.24. The van der Waals surface area contributed by atoms with E-state index < -0.39 is 5.97 Å². The zero-order valence-electron chi connectivity index (χ0n) is 12.6. The Hall–Kier alpha value is -2.73. The van der Waals surface area contributed by atoms with Crippen LogP contribution in [0.2, 0.25) is 0 Å². The van der Waals surface area contributed by atoms with E-state index >= 15 is 0 Å². The molecule has 0 unspecified atom stereocenters. The number of thiazole rings is 1. The number of hydrogen-bond acceptors (Lipinski definition) is 4. The van der Waals surface area contributed by atoms with E-state index in [2.05, 4.69) is 11.1 Å². The van der Waals surface area contributed by atoms with Gasteiger partial charge in [-0.25, -0.2) is 9.78 Å². The van der Waals surface area contributed by atoms with Crippen molar-refractivity contribution in [2.45, 2.75) is 13.8 Å². The Morgan fingerprint density at radius 3 is 2.78 bits per heavy atom. The topological polar surface area (TPSA) is 71.7 Å². The third-order valence-electron chi connectivity index (χ3n) is 3.47. The molecule has 23 heavy (non-hydrogen) atoms. The number of rotatable bonds is 3. The fourth-order valence-electron chi connectivity index (χ4n) is 2.22. The largest absolute Gasteiger partial charge is 0.477 e. The van der Waals surface area contributed by atoms with Crippen LogP contribution in [0.25, 0.3) is 17.1 Å². The van der Waals surface area contributed by atoms with Crippen LogP contribution in [0.4, 0.5) is 0 Å². The summed E-state index contributed by atoms with van der Waals surface area (Å²) in [5.41, 5.74) is 3.57. The number of carboxylic acids is 1. The lowest BCUT2D eigenvalue weighted by Gasteiger charge is -2.01. The zero-order chi connectivity index (χ0) is 16.6. The Morgan fingerprint density at radius 1 is 1.26 bits per heavy atom. The SMILES string of the molecule is Cc1ccc(C)c(/C=C/c2cc(=O)n3cc(C(=O)O)sc3n2)c1. The number of nitrogens with zero attached hydrogens (tertiary/aromatic N) is 2. The molecule has 5 nitrogen and oxygen atoms in total. The number of carbonyl (C=O) groups is 1. The number of benzene rings is 1. The van der Waals surface area contributed by atoms with Gasteiger partial charge in [-0.1, -0.05) is 41.2 Å². The molecule has 3 rings (SSSR count). The lowest BCUT2D eigenvalue weighted by Crippen LogP contribution is -2.11. The third kappa shape index (κ3) is 3.07. The maximum Gasteiger partial charge on any atom is 0.347 e. The zero-order valence-corrected chi connectivity index (χ0v) is 13.4. The van der Waals surface area contributed by atoms with E-state index in [0.717, 1.165) is 28.0 Å². The van der Waals surface area contributed by atoms with Gasteiger partial charge in [0.05, 0.1) is 5.69 Å². The van der Waals surface area contributed by atoms with Gasteiger partial charge < -0.3 is 5.11 Å². The van der Waals surface area contributed by atoms with E-state index in [0.29, 0.717) is 10.7 Å². The maximum absolute atomic E-state index is 12.1. The van der Waals surface area contributed by atoms with Gasteiger partial charge in [0.2, 0.25) is 0 Å². The number of hydrogen-bond donors (Lipinski definition) is 1. The molecule has 3 aromatic rings. The van der Waals surface area contributed by atoms with E-state index in [1.807, 2.05) is 32.1 Å². The highest BCUT2D eigenvalue weighted by atomic mass is 32.1. The van der Waals surface area contributed by atoms with Gasteiger partial charge in [0.15, 0.2) is 4.96 Å². The van der Waals surface area contributed by atoms with Crippen molar-refractivity contribution in [3.63, 3.8) is 0 Å². The molecule has 2 aromatic heterocycles. The molecule has 0 fully saturated rings. The van der Waals surface area contributed by atoms with Crippen molar-refractivity contribution in [3.05, 3.63) is 68.1 Å². The molecule has 0 aliphatic heterocycles. The highest BCUT2D eigenvalue weighted by Crippen LogP contribution is 2.17. The molecule has 0 spiro atoms. The highest BCUT2D eigenvalue weighted by molar-refractivity contribution is 7.18. The van der Waals surface area contributed by atoms with Crippen LogP contribution in [0, 0.1) is 13.8 Å². The first-order valence-corrected chi connectivity index (χ1v) is 7.77. The molecule has 0 atom stereocenters. The first-order chi connectivity index (χ1) is 10.9. The van der Waals surface area contributed by atoms with Gasteiger partial charge in [-0.15, -0.1) is 0 Å².